The van der Waals surface area contributed by atoms with Crippen LogP contribution in [0.1, 0.15) is 31.8 Å². The highest BCUT2D eigenvalue weighted by atomic mass is 32.2. The molecule has 2 aromatic carbocycles. The Bertz CT molecular complexity index is 1200. The van der Waals surface area contributed by atoms with E-state index in [1.807, 2.05) is 6.07 Å². The highest BCUT2D eigenvalue weighted by Gasteiger charge is 2.28. The van der Waals surface area contributed by atoms with Gasteiger partial charge in [-0.3, -0.25) is 14.6 Å². The number of fused-ring (bicyclic) bond motifs is 1. The lowest BCUT2D eigenvalue weighted by molar-refractivity contribution is 0.0951. The number of allylic oxidation sites excluding steroid dienone is 1. The van der Waals surface area contributed by atoms with Gasteiger partial charge in [-0.05, 0) is 53.6 Å². The number of anilines is 1. The van der Waals surface area contributed by atoms with Crippen LogP contribution in [0.2, 0.25) is 0 Å². The molecule has 0 fully saturated rings. The fourth-order valence-corrected chi connectivity index (χ4v) is 4.00. The summed E-state index contributed by atoms with van der Waals surface area (Å²) in [7, 11) is -1.79. The van der Waals surface area contributed by atoms with Gasteiger partial charge in [0.25, 0.3) is 5.91 Å². The Hall–Kier alpha value is -3.65. The second-order valence-electron chi connectivity index (χ2n) is 6.57. The number of amides is 1. The van der Waals surface area contributed by atoms with Crippen molar-refractivity contribution < 1.29 is 18.2 Å². The van der Waals surface area contributed by atoms with Gasteiger partial charge < -0.3 is 10.0 Å². The summed E-state index contributed by atoms with van der Waals surface area (Å²) in [5, 5.41) is 2.78. The van der Waals surface area contributed by atoms with Gasteiger partial charge in [0.15, 0.2) is 11.0 Å². The van der Waals surface area contributed by atoms with E-state index in [0.717, 1.165) is 5.56 Å². The molecule has 0 spiro atoms. The molecule has 2 N–H and O–H groups in total. The molecule has 0 saturated carbocycles. The molecule has 0 bridgehead atoms. The van der Waals surface area contributed by atoms with Gasteiger partial charge in [0, 0.05) is 30.1 Å². The number of Topliss-reactive ketones (excluding diaryl/α,β-unsaturated/α-hetero) is 1. The molecule has 150 valence electrons. The number of carbonyl (C=O) groups is 2. The molecule has 1 amide bonds. The number of hydrogen-bond acceptors (Lipinski definition) is 4. The van der Waals surface area contributed by atoms with Crippen molar-refractivity contribution in [2.75, 3.05) is 4.72 Å². The third kappa shape index (κ3) is 4.18. The average Bonchev–Trinajstić information content (AvgIpc) is 2.75. The summed E-state index contributed by atoms with van der Waals surface area (Å²) in [4.78, 5) is 29.4. The van der Waals surface area contributed by atoms with Crippen LogP contribution in [0.15, 0.2) is 71.9 Å². The van der Waals surface area contributed by atoms with Gasteiger partial charge in [-0.25, -0.2) is 8.60 Å². The predicted molar refractivity (Wildman–Crippen MR) is 112 cm³/mol. The number of halogens is 1. The van der Waals surface area contributed by atoms with E-state index in [1.54, 1.807) is 36.7 Å². The topological polar surface area (TPSA) is 88.2 Å². The maximum absolute atomic E-state index is 13.4. The molecule has 0 aliphatic carbocycles. The normalized spacial score (nSPS) is 16.6. The minimum Gasteiger partial charge on any atom is -0.348 e. The first-order chi connectivity index (χ1) is 14.5. The molecule has 6 nitrogen and oxygen atoms in total. The molecular weight excluding hydrogens is 405 g/mol. The lowest BCUT2D eigenvalue weighted by atomic mass is 10.0. The maximum Gasteiger partial charge on any atom is 0.251 e. The summed E-state index contributed by atoms with van der Waals surface area (Å²) in [6.07, 6.45) is 4.68. The Morgan fingerprint density at radius 3 is 2.80 bits per heavy atom. The molecule has 1 aliphatic rings. The molecular formula is C22H16FN3O3S. The van der Waals surface area contributed by atoms with Gasteiger partial charge in [0.2, 0.25) is 5.78 Å². The van der Waals surface area contributed by atoms with Crippen LogP contribution in [0.5, 0.6) is 0 Å². The number of aromatic nitrogens is 1. The van der Waals surface area contributed by atoms with E-state index >= 15 is 0 Å². The summed E-state index contributed by atoms with van der Waals surface area (Å²) in [6, 6.07) is 13.8. The van der Waals surface area contributed by atoms with Crippen LogP contribution in [-0.4, -0.2) is 20.9 Å². The van der Waals surface area contributed by atoms with Crippen LogP contribution >= 0.6 is 0 Å². The van der Waals surface area contributed by atoms with E-state index in [0.29, 0.717) is 23.4 Å². The first-order valence-electron chi connectivity index (χ1n) is 9.03. The summed E-state index contributed by atoms with van der Waals surface area (Å²) < 4.78 is 28.7. The summed E-state index contributed by atoms with van der Waals surface area (Å²) in [5.41, 5.74) is 2.16. The quantitative estimate of drug-likeness (QED) is 0.632. The fraction of sp³-hybridized carbons (Fsp3) is 0.0455. The van der Waals surface area contributed by atoms with Crippen LogP contribution in [0.3, 0.4) is 0 Å². The zero-order valence-electron chi connectivity index (χ0n) is 15.6. The van der Waals surface area contributed by atoms with E-state index in [1.165, 1.54) is 30.3 Å². The van der Waals surface area contributed by atoms with E-state index in [9.17, 15) is 18.2 Å². The van der Waals surface area contributed by atoms with Gasteiger partial charge in [-0.1, -0.05) is 18.2 Å². The largest absolute Gasteiger partial charge is 0.348 e. The number of nitrogens with one attached hydrogen (secondary N) is 2. The maximum atomic E-state index is 13.4. The minimum absolute atomic E-state index is 0.0129. The number of ketones is 1. The van der Waals surface area contributed by atoms with Crippen molar-refractivity contribution in [3.05, 3.63) is 100.0 Å². The summed E-state index contributed by atoms with van der Waals surface area (Å²) in [6.45, 7) is 0.296. The Balaban J connectivity index is 1.59. The van der Waals surface area contributed by atoms with Crippen LogP contribution in [0.4, 0.5) is 10.1 Å². The van der Waals surface area contributed by atoms with Crippen molar-refractivity contribution in [1.29, 1.82) is 0 Å². The van der Waals surface area contributed by atoms with Gasteiger partial charge >= 0.3 is 0 Å². The summed E-state index contributed by atoms with van der Waals surface area (Å²) in [5.74, 6) is -1.29. The third-order valence-corrected chi connectivity index (χ3v) is 5.58. The van der Waals surface area contributed by atoms with Crippen LogP contribution in [0, 0.1) is 5.82 Å². The highest BCUT2D eigenvalue weighted by molar-refractivity contribution is 7.91. The fourth-order valence-electron chi connectivity index (χ4n) is 2.99. The van der Waals surface area contributed by atoms with Crippen molar-refractivity contribution >= 4 is 34.4 Å². The second kappa shape index (κ2) is 8.38. The van der Waals surface area contributed by atoms with Crippen molar-refractivity contribution in [2.24, 2.45) is 0 Å². The van der Waals surface area contributed by atoms with E-state index < -0.39 is 22.6 Å². The summed E-state index contributed by atoms with van der Waals surface area (Å²) >= 11 is 0. The first kappa shape index (κ1) is 19.7. The Morgan fingerprint density at radius 2 is 2.03 bits per heavy atom. The first-order valence-corrected chi connectivity index (χ1v) is 10.2. The van der Waals surface area contributed by atoms with Crippen molar-refractivity contribution in [3.63, 3.8) is 0 Å². The SMILES string of the molecule is O=C(NCc1cccnc1)c1ccc2c(c1)C(=O)/C(=C\c1cccc(F)c1)S(=O)N2. The zero-order chi connectivity index (χ0) is 21.1. The standard InChI is InChI=1S/C22H16FN3O3S/c23-17-5-1-3-14(9-17)10-20-21(27)18-11-16(6-7-19(18)26-30(20)29)22(28)25-13-15-4-2-8-24-12-15/h1-12,26H,13H2,(H,25,28)/b20-10+. The number of pyridine rings is 1. The number of rotatable bonds is 4. The van der Waals surface area contributed by atoms with E-state index in [2.05, 4.69) is 15.0 Å². The van der Waals surface area contributed by atoms with Gasteiger partial charge in [-0.15, -0.1) is 0 Å². The number of carbonyl (C=O) groups excluding carboxylic acids is 2. The lowest BCUT2D eigenvalue weighted by Crippen LogP contribution is -2.25. The molecule has 8 heteroatoms. The monoisotopic (exact) mass is 421 g/mol. The predicted octanol–water partition coefficient (Wildman–Crippen LogP) is 3.46. The minimum atomic E-state index is -1.79. The van der Waals surface area contributed by atoms with Crippen LogP contribution in [-0.2, 0) is 17.5 Å². The number of benzene rings is 2. The molecule has 30 heavy (non-hydrogen) atoms. The van der Waals surface area contributed by atoms with Gasteiger partial charge in [-0.2, -0.15) is 0 Å². The smallest absolute Gasteiger partial charge is 0.251 e. The molecule has 0 radical (unpaired) electrons. The molecule has 3 aromatic rings. The second-order valence-corrected chi connectivity index (χ2v) is 7.75. The molecule has 1 aromatic heterocycles. The Morgan fingerprint density at radius 1 is 1.17 bits per heavy atom. The number of nitrogens with zero attached hydrogens (tertiary/aromatic N) is 1. The van der Waals surface area contributed by atoms with Crippen LogP contribution in [0.25, 0.3) is 6.08 Å². The lowest BCUT2D eigenvalue weighted by Gasteiger charge is -2.19. The van der Waals surface area contributed by atoms with Crippen molar-refractivity contribution in [2.45, 2.75) is 6.54 Å². The Kier molecular flexibility index (Phi) is 5.49. The van der Waals surface area contributed by atoms with E-state index in [-0.39, 0.29) is 16.4 Å². The molecule has 1 atom stereocenters. The van der Waals surface area contributed by atoms with Crippen molar-refractivity contribution in [3.8, 4) is 0 Å². The molecule has 1 aliphatic heterocycles. The molecule has 2 heterocycles. The molecule has 0 saturated heterocycles. The average molecular weight is 421 g/mol. The van der Waals surface area contributed by atoms with Crippen LogP contribution < -0.4 is 10.0 Å². The number of hydrogen-bond donors (Lipinski definition) is 2. The van der Waals surface area contributed by atoms with Gasteiger partial charge in [0.05, 0.1) is 5.69 Å². The highest BCUT2D eigenvalue weighted by Crippen LogP contribution is 2.29. The van der Waals surface area contributed by atoms with E-state index in [4.69, 9.17) is 0 Å². The van der Waals surface area contributed by atoms with Crippen molar-refractivity contribution in [1.82, 2.24) is 10.3 Å². The molecule has 4 rings (SSSR count). The zero-order valence-corrected chi connectivity index (χ0v) is 16.4. The Labute approximate surface area is 174 Å². The van der Waals surface area contributed by atoms with Gasteiger partial charge in [0.1, 0.15) is 10.7 Å². The molecule has 1 unspecified atom stereocenters. The third-order valence-electron chi connectivity index (χ3n) is 4.47.